The van der Waals surface area contributed by atoms with E-state index in [1.165, 1.54) is 4.57 Å². The Morgan fingerprint density at radius 3 is 2.85 bits per heavy atom. The van der Waals surface area contributed by atoms with E-state index >= 15 is 0 Å². The Kier molecular flexibility index (Phi) is 2.75. The molecule has 0 aliphatic heterocycles. The number of aromatic amines is 1. The molecule has 3 aromatic rings. The quantitative estimate of drug-likeness (QED) is 0.662. The molecule has 0 spiro atoms. The van der Waals surface area contributed by atoms with Gasteiger partial charge in [0.15, 0.2) is 11.2 Å². The Morgan fingerprint density at radius 2 is 2.15 bits per heavy atom. The highest BCUT2D eigenvalue weighted by atomic mass is 16.2. The summed E-state index contributed by atoms with van der Waals surface area (Å²) in [6, 6.07) is 0. The molecule has 0 atom stereocenters. The maximum Gasteiger partial charge on any atom is 0.329 e. The topological polar surface area (TPSA) is 103 Å². The van der Waals surface area contributed by atoms with Crippen LogP contribution >= 0.6 is 0 Å². The maximum atomic E-state index is 12.0. The Labute approximate surface area is 113 Å². The average Bonchev–Trinajstić information content (AvgIpc) is 2.89. The van der Waals surface area contributed by atoms with Crippen LogP contribution in [0.4, 0.5) is 0 Å². The van der Waals surface area contributed by atoms with Gasteiger partial charge in [-0.1, -0.05) is 0 Å². The summed E-state index contributed by atoms with van der Waals surface area (Å²) in [4.78, 5) is 30.3. The highest BCUT2D eigenvalue weighted by Crippen LogP contribution is 2.15. The number of hydrogen-bond acceptors (Lipinski definition) is 4. The van der Waals surface area contributed by atoms with E-state index < -0.39 is 11.2 Å². The van der Waals surface area contributed by atoms with Crippen molar-refractivity contribution in [1.29, 1.82) is 0 Å². The second kappa shape index (κ2) is 4.34. The molecule has 0 aliphatic rings. The van der Waals surface area contributed by atoms with E-state index in [2.05, 4.69) is 9.97 Å². The number of aromatic nitrogens is 5. The maximum absolute atomic E-state index is 12.0. The molecule has 20 heavy (non-hydrogen) atoms. The van der Waals surface area contributed by atoms with Gasteiger partial charge in [-0.2, -0.15) is 4.98 Å². The van der Waals surface area contributed by atoms with Crippen molar-refractivity contribution >= 4 is 16.9 Å². The lowest BCUT2D eigenvalue weighted by atomic mass is 10.4. The standard InChI is InChI=1S/C12H16N6O2/c1-7-6-18-8-9(16(2)12(20)15-10(8)19)14-11(18)17(7)5-3-4-13/h6H,3-5,13H2,1-2H3,(H,15,19,20). The van der Waals surface area contributed by atoms with Gasteiger partial charge in [0, 0.05) is 25.5 Å². The monoisotopic (exact) mass is 276 g/mol. The van der Waals surface area contributed by atoms with E-state index in [1.54, 1.807) is 11.4 Å². The van der Waals surface area contributed by atoms with Gasteiger partial charge in [-0.05, 0) is 19.9 Å². The third kappa shape index (κ3) is 1.61. The lowest BCUT2D eigenvalue weighted by Gasteiger charge is -2.03. The first kappa shape index (κ1) is 12.7. The van der Waals surface area contributed by atoms with Gasteiger partial charge in [0.25, 0.3) is 5.56 Å². The van der Waals surface area contributed by atoms with Crippen molar-refractivity contribution < 1.29 is 0 Å². The molecule has 0 saturated heterocycles. The third-order valence-corrected chi connectivity index (χ3v) is 3.50. The number of rotatable bonds is 3. The van der Waals surface area contributed by atoms with Crippen molar-refractivity contribution in [2.24, 2.45) is 12.8 Å². The van der Waals surface area contributed by atoms with Gasteiger partial charge in [-0.25, -0.2) is 4.79 Å². The first-order valence-corrected chi connectivity index (χ1v) is 6.42. The first-order valence-electron chi connectivity index (χ1n) is 6.42. The molecule has 0 unspecified atom stereocenters. The van der Waals surface area contributed by atoms with Crippen molar-refractivity contribution in [3.63, 3.8) is 0 Å². The summed E-state index contributed by atoms with van der Waals surface area (Å²) in [5.41, 5.74) is 6.42. The fourth-order valence-electron chi connectivity index (χ4n) is 2.44. The number of nitrogens with zero attached hydrogens (tertiary/aromatic N) is 4. The fourth-order valence-corrected chi connectivity index (χ4v) is 2.44. The summed E-state index contributed by atoms with van der Waals surface area (Å²) in [5.74, 6) is 0.651. The fraction of sp³-hybridized carbons (Fsp3) is 0.417. The highest BCUT2D eigenvalue weighted by Gasteiger charge is 2.16. The molecule has 0 amide bonds. The van der Waals surface area contributed by atoms with E-state index in [4.69, 9.17) is 5.73 Å². The Hall–Kier alpha value is -2.35. The number of imidazole rings is 2. The Morgan fingerprint density at radius 1 is 1.40 bits per heavy atom. The molecule has 3 heterocycles. The second-order valence-electron chi connectivity index (χ2n) is 4.84. The molecule has 8 nitrogen and oxygen atoms in total. The number of H-pyrrole nitrogens is 1. The van der Waals surface area contributed by atoms with Crippen molar-refractivity contribution in [3.8, 4) is 0 Å². The molecule has 106 valence electrons. The van der Waals surface area contributed by atoms with E-state index in [-0.39, 0.29) is 0 Å². The van der Waals surface area contributed by atoms with Gasteiger partial charge >= 0.3 is 5.69 Å². The molecule has 0 saturated carbocycles. The van der Waals surface area contributed by atoms with E-state index in [0.717, 1.165) is 18.7 Å². The number of fused-ring (bicyclic) bond motifs is 3. The molecule has 0 radical (unpaired) electrons. The molecular formula is C12H16N6O2. The highest BCUT2D eigenvalue weighted by molar-refractivity contribution is 5.75. The van der Waals surface area contributed by atoms with Gasteiger partial charge in [-0.3, -0.25) is 18.7 Å². The average molecular weight is 276 g/mol. The Balaban J connectivity index is 2.41. The lowest BCUT2D eigenvalue weighted by molar-refractivity contribution is 0.650. The molecule has 0 bridgehead atoms. The number of nitrogens with one attached hydrogen (secondary N) is 1. The number of nitrogens with two attached hydrogens (primary N) is 1. The second-order valence-corrected chi connectivity index (χ2v) is 4.84. The molecule has 0 aliphatic carbocycles. The normalized spacial score (nSPS) is 11.8. The summed E-state index contributed by atoms with van der Waals surface area (Å²) in [7, 11) is 1.59. The first-order chi connectivity index (χ1) is 9.54. The van der Waals surface area contributed by atoms with Crippen LogP contribution in [0.1, 0.15) is 12.1 Å². The third-order valence-electron chi connectivity index (χ3n) is 3.50. The van der Waals surface area contributed by atoms with E-state index in [9.17, 15) is 9.59 Å². The minimum Gasteiger partial charge on any atom is -0.330 e. The molecule has 3 rings (SSSR count). The Bertz CT molecular complexity index is 910. The van der Waals surface area contributed by atoms with E-state index in [1.807, 2.05) is 17.7 Å². The molecule has 0 fully saturated rings. The molecule has 0 aromatic carbocycles. The van der Waals surface area contributed by atoms with Crippen LogP contribution in [0.25, 0.3) is 16.9 Å². The minimum atomic E-state index is -0.464. The molecule has 8 heteroatoms. The zero-order chi connectivity index (χ0) is 14.4. The molecule has 3 aromatic heterocycles. The van der Waals surface area contributed by atoms with Crippen LogP contribution in [-0.4, -0.2) is 30.0 Å². The van der Waals surface area contributed by atoms with Crippen molar-refractivity contribution in [2.45, 2.75) is 19.9 Å². The largest absolute Gasteiger partial charge is 0.330 e. The van der Waals surface area contributed by atoms with Gasteiger partial charge in [-0.15, -0.1) is 0 Å². The molecular weight excluding hydrogens is 260 g/mol. The van der Waals surface area contributed by atoms with Crippen LogP contribution in [0.2, 0.25) is 0 Å². The van der Waals surface area contributed by atoms with Crippen LogP contribution in [0.15, 0.2) is 15.8 Å². The summed E-state index contributed by atoms with van der Waals surface area (Å²) >= 11 is 0. The van der Waals surface area contributed by atoms with Crippen LogP contribution in [-0.2, 0) is 13.6 Å². The smallest absolute Gasteiger partial charge is 0.329 e. The van der Waals surface area contributed by atoms with Crippen molar-refractivity contribution in [2.75, 3.05) is 6.54 Å². The lowest BCUT2D eigenvalue weighted by Crippen LogP contribution is -2.28. The van der Waals surface area contributed by atoms with Crippen molar-refractivity contribution in [1.82, 2.24) is 23.5 Å². The molecule has 3 N–H and O–H groups in total. The number of hydrogen-bond donors (Lipinski definition) is 2. The van der Waals surface area contributed by atoms with Gasteiger partial charge in [0.05, 0.1) is 0 Å². The van der Waals surface area contributed by atoms with Crippen LogP contribution in [0, 0.1) is 6.92 Å². The predicted octanol–water partition coefficient (Wildman–Crippen LogP) is -0.667. The zero-order valence-electron chi connectivity index (χ0n) is 11.4. The SMILES string of the molecule is Cc1cn2c3c(=O)[nH]c(=O)n(C)c3nc2n1CCCN. The van der Waals surface area contributed by atoms with Crippen LogP contribution < -0.4 is 17.0 Å². The van der Waals surface area contributed by atoms with Crippen molar-refractivity contribution in [3.05, 3.63) is 32.7 Å². The van der Waals surface area contributed by atoms with Gasteiger partial charge < -0.3 is 10.3 Å². The summed E-state index contributed by atoms with van der Waals surface area (Å²) in [5, 5.41) is 0. The van der Waals surface area contributed by atoms with E-state index in [0.29, 0.717) is 23.5 Å². The van der Waals surface area contributed by atoms with Gasteiger partial charge in [0.1, 0.15) is 0 Å². The summed E-state index contributed by atoms with van der Waals surface area (Å²) < 4.78 is 5.06. The van der Waals surface area contributed by atoms with Gasteiger partial charge in [0.2, 0.25) is 5.78 Å². The zero-order valence-corrected chi connectivity index (χ0v) is 11.4. The minimum absolute atomic E-state index is 0.384. The predicted molar refractivity (Wildman–Crippen MR) is 75.0 cm³/mol. The van der Waals surface area contributed by atoms with Crippen LogP contribution in [0.3, 0.4) is 0 Å². The summed E-state index contributed by atoms with van der Waals surface area (Å²) in [6.45, 7) is 3.27. The number of aryl methyl sites for hydroxylation is 3. The van der Waals surface area contributed by atoms with Crippen LogP contribution in [0.5, 0.6) is 0 Å². The summed E-state index contributed by atoms with van der Waals surface area (Å²) in [6.07, 6.45) is 2.67.